The number of carboxylic acid groups (broad SMARTS) is 1. The van der Waals surface area contributed by atoms with Crippen LogP contribution in [0.3, 0.4) is 0 Å². The van der Waals surface area contributed by atoms with Crippen LogP contribution in [0.2, 0.25) is 0 Å². The fourth-order valence-electron chi connectivity index (χ4n) is 1.18. The molecule has 2 N–H and O–H groups in total. The van der Waals surface area contributed by atoms with Crippen molar-refractivity contribution in [3.05, 3.63) is 35.9 Å². The maximum absolute atomic E-state index is 10.2. The molecule has 1 aromatic rings. The van der Waals surface area contributed by atoms with E-state index in [1.165, 1.54) is 32.4 Å². The van der Waals surface area contributed by atoms with Gasteiger partial charge in [-0.1, -0.05) is 38.5 Å². The van der Waals surface area contributed by atoms with Gasteiger partial charge in [-0.3, -0.25) is 0 Å². The van der Waals surface area contributed by atoms with Crippen LogP contribution in [0.25, 0.3) is 0 Å². The minimum Gasteiger partial charge on any atom is -0.478 e. The van der Waals surface area contributed by atoms with Crippen LogP contribution in [0, 0.1) is 0 Å². The summed E-state index contributed by atoms with van der Waals surface area (Å²) >= 11 is 0. The van der Waals surface area contributed by atoms with Gasteiger partial charge in [0.1, 0.15) is 0 Å². The summed E-state index contributed by atoms with van der Waals surface area (Å²) in [7, 11) is 0. The fourth-order valence-corrected chi connectivity index (χ4v) is 1.18. The number of hydrogen-bond donors (Lipinski definition) is 2. The Kier molecular flexibility index (Phi) is 10.3. The topological polar surface area (TPSA) is 49.3 Å². The molecule has 0 radical (unpaired) electrons. The van der Waals surface area contributed by atoms with Crippen molar-refractivity contribution >= 4 is 5.97 Å². The van der Waals surface area contributed by atoms with Crippen LogP contribution in [-0.4, -0.2) is 24.2 Å². The average molecular weight is 237 g/mol. The van der Waals surface area contributed by atoms with Crippen LogP contribution in [0.15, 0.2) is 30.3 Å². The number of nitrogens with one attached hydrogen (secondary N) is 1. The standard InChI is InChI=1S/C7H17N.C7H6O2/c1-3-5-7-8-6-4-2;8-7(9)6-4-2-1-3-5-6/h8H,3-7H2,1-2H3;1-5H,(H,8,9). The zero-order valence-corrected chi connectivity index (χ0v) is 10.8. The second-order valence-corrected chi connectivity index (χ2v) is 3.77. The van der Waals surface area contributed by atoms with Crippen LogP contribution >= 0.6 is 0 Å². The number of carboxylic acids is 1. The van der Waals surface area contributed by atoms with Crippen LogP contribution in [0.4, 0.5) is 0 Å². The quantitative estimate of drug-likeness (QED) is 0.747. The van der Waals surface area contributed by atoms with Crippen molar-refractivity contribution in [2.75, 3.05) is 13.1 Å². The molecule has 0 bridgehead atoms. The number of carbonyl (C=O) groups is 1. The molecular weight excluding hydrogens is 214 g/mol. The Balaban J connectivity index is 0.000000304. The second-order valence-electron chi connectivity index (χ2n) is 3.77. The average Bonchev–Trinajstić information content (AvgIpc) is 2.37. The molecule has 96 valence electrons. The van der Waals surface area contributed by atoms with Crippen LogP contribution in [0.1, 0.15) is 43.5 Å². The Labute approximate surface area is 104 Å². The molecule has 0 aliphatic rings. The molecule has 0 amide bonds. The van der Waals surface area contributed by atoms with Gasteiger partial charge in [0.05, 0.1) is 5.56 Å². The number of hydrogen-bond acceptors (Lipinski definition) is 2. The molecule has 0 aliphatic carbocycles. The minimum absolute atomic E-state index is 0.331. The zero-order valence-electron chi connectivity index (χ0n) is 10.8. The highest BCUT2D eigenvalue weighted by Gasteiger charge is 1.96. The van der Waals surface area contributed by atoms with Gasteiger partial charge < -0.3 is 10.4 Å². The first kappa shape index (κ1) is 15.7. The van der Waals surface area contributed by atoms with Crippen molar-refractivity contribution in [2.45, 2.75) is 33.1 Å². The molecule has 0 fully saturated rings. The molecule has 0 heterocycles. The van der Waals surface area contributed by atoms with Gasteiger partial charge in [-0.2, -0.15) is 0 Å². The molecule has 3 nitrogen and oxygen atoms in total. The summed E-state index contributed by atoms with van der Waals surface area (Å²) in [6.07, 6.45) is 3.88. The summed E-state index contributed by atoms with van der Waals surface area (Å²) in [6.45, 7) is 6.79. The second kappa shape index (κ2) is 11.1. The van der Waals surface area contributed by atoms with Gasteiger partial charge in [-0.25, -0.2) is 4.79 Å². The predicted molar refractivity (Wildman–Crippen MR) is 71.5 cm³/mol. The maximum atomic E-state index is 10.2. The van der Waals surface area contributed by atoms with Crippen molar-refractivity contribution in [1.82, 2.24) is 5.32 Å². The summed E-state index contributed by atoms with van der Waals surface area (Å²) in [5.74, 6) is -0.879. The molecule has 0 aromatic heterocycles. The smallest absolute Gasteiger partial charge is 0.335 e. The Morgan fingerprint density at radius 1 is 1.12 bits per heavy atom. The van der Waals surface area contributed by atoms with Crippen molar-refractivity contribution in [1.29, 1.82) is 0 Å². The SMILES string of the molecule is CCCCNCCC.O=C(O)c1ccccc1. The Morgan fingerprint density at radius 2 is 1.76 bits per heavy atom. The summed E-state index contributed by atoms with van der Waals surface area (Å²) in [6, 6.07) is 8.30. The molecule has 0 spiro atoms. The van der Waals surface area contributed by atoms with Crippen LogP contribution < -0.4 is 5.32 Å². The van der Waals surface area contributed by atoms with E-state index in [4.69, 9.17) is 5.11 Å². The number of rotatable bonds is 6. The fraction of sp³-hybridized carbons (Fsp3) is 0.500. The Morgan fingerprint density at radius 3 is 2.18 bits per heavy atom. The van der Waals surface area contributed by atoms with E-state index >= 15 is 0 Å². The van der Waals surface area contributed by atoms with E-state index in [-0.39, 0.29) is 0 Å². The predicted octanol–water partition coefficient (Wildman–Crippen LogP) is 3.17. The van der Waals surface area contributed by atoms with E-state index in [1.54, 1.807) is 30.3 Å². The molecule has 0 aliphatic heterocycles. The summed E-state index contributed by atoms with van der Waals surface area (Å²) in [5.41, 5.74) is 0.331. The zero-order chi connectivity index (χ0) is 12.9. The molecule has 17 heavy (non-hydrogen) atoms. The van der Waals surface area contributed by atoms with Crippen LogP contribution in [-0.2, 0) is 0 Å². The highest BCUT2D eigenvalue weighted by Crippen LogP contribution is 1.96. The molecule has 0 saturated heterocycles. The largest absolute Gasteiger partial charge is 0.478 e. The Hall–Kier alpha value is -1.35. The lowest BCUT2D eigenvalue weighted by molar-refractivity contribution is 0.0697. The van der Waals surface area contributed by atoms with E-state index in [1.807, 2.05) is 0 Å². The van der Waals surface area contributed by atoms with E-state index in [2.05, 4.69) is 19.2 Å². The first-order valence-corrected chi connectivity index (χ1v) is 6.21. The van der Waals surface area contributed by atoms with Crippen molar-refractivity contribution in [3.63, 3.8) is 0 Å². The van der Waals surface area contributed by atoms with E-state index in [9.17, 15) is 4.79 Å². The van der Waals surface area contributed by atoms with Crippen molar-refractivity contribution in [2.24, 2.45) is 0 Å². The van der Waals surface area contributed by atoms with Gasteiger partial charge in [0.15, 0.2) is 0 Å². The van der Waals surface area contributed by atoms with E-state index < -0.39 is 5.97 Å². The molecule has 0 saturated carbocycles. The maximum Gasteiger partial charge on any atom is 0.335 e. The lowest BCUT2D eigenvalue weighted by Gasteiger charge is -1.98. The van der Waals surface area contributed by atoms with Crippen molar-refractivity contribution in [3.8, 4) is 0 Å². The summed E-state index contributed by atoms with van der Waals surface area (Å²) < 4.78 is 0. The number of unbranched alkanes of at least 4 members (excludes halogenated alkanes) is 1. The van der Waals surface area contributed by atoms with Gasteiger partial charge in [-0.15, -0.1) is 0 Å². The highest BCUT2D eigenvalue weighted by molar-refractivity contribution is 5.87. The van der Waals surface area contributed by atoms with E-state index in [0.717, 1.165) is 0 Å². The minimum atomic E-state index is -0.879. The summed E-state index contributed by atoms with van der Waals surface area (Å²) in [5, 5.41) is 11.7. The monoisotopic (exact) mass is 237 g/mol. The third kappa shape index (κ3) is 9.57. The number of benzene rings is 1. The molecule has 0 unspecified atom stereocenters. The van der Waals surface area contributed by atoms with Gasteiger partial charge >= 0.3 is 5.97 Å². The lowest BCUT2D eigenvalue weighted by atomic mass is 10.2. The Bertz CT molecular complexity index is 280. The van der Waals surface area contributed by atoms with Gasteiger partial charge in [0.2, 0.25) is 0 Å². The first-order chi connectivity index (χ1) is 8.22. The van der Waals surface area contributed by atoms with Gasteiger partial charge in [-0.05, 0) is 38.1 Å². The van der Waals surface area contributed by atoms with E-state index in [0.29, 0.717) is 5.56 Å². The molecule has 0 atom stereocenters. The van der Waals surface area contributed by atoms with Gasteiger partial charge in [0.25, 0.3) is 0 Å². The van der Waals surface area contributed by atoms with Crippen LogP contribution in [0.5, 0.6) is 0 Å². The molecule has 1 aromatic carbocycles. The first-order valence-electron chi connectivity index (χ1n) is 6.21. The normalized spacial score (nSPS) is 9.29. The third-order valence-electron chi connectivity index (χ3n) is 2.15. The third-order valence-corrected chi connectivity index (χ3v) is 2.15. The van der Waals surface area contributed by atoms with Crippen molar-refractivity contribution < 1.29 is 9.90 Å². The molecule has 1 rings (SSSR count). The van der Waals surface area contributed by atoms with Gasteiger partial charge in [0, 0.05) is 0 Å². The number of aromatic carboxylic acids is 1. The molecule has 3 heteroatoms. The highest BCUT2D eigenvalue weighted by atomic mass is 16.4. The summed E-state index contributed by atoms with van der Waals surface area (Å²) in [4.78, 5) is 10.2. The molecular formula is C14H23NO2. The lowest BCUT2D eigenvalue weighted by Crippen LogP contribution is -2.15.